The topological polar surface area (TPSA) is 498 Å². The zero-order valence-corrected chi connectivity index (χ0v) is 61.2. The summed E-state index contributed by atoms with van der Waals surface area (Å²) in [5.74, 6) is -1.61. The first-order chi connectivity index (χ1) is 40.7. The maximum atomic E-state index is 11.2. The summed E-state index contributed by atoms with van der Waals surface area (Å²) < 4.78 is 291. The molecule has 0 N–H and O–H groups in total. The van der Waals surface area contributed by atoms with E-state index in [1.165, 1.54) is 27.7 Å². The third-order valence-corrected chi connectivity index (χ3v) is 25.9. The van der Waals surface area contributed by atoms with Gasteiger partial charge >= 0.3 is 0 Å². The molecule has 47 heteroatoms. The fourth-order valence-electron chi connectivity index (χ4n) is 6.59. The molecule has 0 aliphatic carbocycles. The first kappa shape index (κ1) is 87.8. The van der Waals surface area contributed by atoms with Crippen molar-refractivity contribution in [1.82, 2.24) is 0 Å². The maximum absolute atomic E-state index is 11.2. The van der Waals surface area contributed by atoms with Crippen molar-refractivity contribution >= 4 is 100 Å². The Hall–Kier alpha value is -1.18. The number of hydrogen-bond donors (Lipinski definition) is 0. The molecule has 0 bridgehead atoms. The molecule has 10 heterocycles. The molecule has 0 aromatic rings. The summed E-state index contributed by atoms with van der Waals surface area (Å²) in [6.45, 7) is 26.5. The first-order valence-corrected chi connectivity index (χ1v) is 42.8. The Kier molecular flexibility index (Phi) is 33.8. The second kappa shape index (κ2) is 35.0. The van der Waals surface area contributed by atoms with Gasteiger partial charge in [-0.15, -0.1) is 0 Å². The summed E-state index contributed by atoms with van der Waals surface area (Å²) in [6.07, 6.45) is -1.26. The fraction of sp³-hybridized carbons (Fsp3) is 1.00. The lowest BCUT2D eigenvalue weighted by molar-refractivity contribution is -0.103. The van der Waals surface area contributed by atoms with Gasteiger partial charge in [-0.3, -0.25) is 8.37 Å². The van der Waals surface area contributed by atoms with E-state index >= 15 is 0 Å². The summed E-state index contributed by atoms with van der Waals surface area (Å²) in [5.41, 5.74) is -1.46. The predicted octanol–water partition coefficient (Wildman–Crippen LogP) is -0.592. The summed E-state index contributed by atoms with van der Waals surface area (Å²) in [5, 5.41) is 0. The van der Waals surface area contributed by atoms with Crippen LogP contribution in [-0.4, -0.2) is 254 Å². The van der Waals surface area contributed by atoms with Crippen LogP contribution in [0, 0.1) is 5.41 Å². The molecule has 10 rings (SSSR count). The van der Waals surface area contributed by atoms with Crippen LogP contribution in [0.5, 0.6) is 0 Å². The van der Waals surface area contributed by atoms with E-state index in [-0.39, 0.29) is 109 Å². The van der Waals surface area contributed by atoms with Crippen LogP contribution < -0.4 is 0 Å². The summed E-state index contributed by atoms with van der Waals surface area (Å²) in [6, 6.07) is 0. The van der Waals surface area contributed by atoms with Crippen molar-refractivity contribution in [2.24, 2.45) is 5.41 Å². The zero-order valence-electron chi connectivity index (χ0n) is 53.0. The SMILES string of the molecule is CC1(C)COCCS1(=O)=O.CC1(C)COCS(=O)(=O)C1.CC1(C)CS(=O)(=O)CCO1.CC1(C)OCOS1(=O)=O.CC1(C)OCS(=O)(=O)O1.CC1COCS(=O)(=O)O1.CC1COS(=O)(=O)CO1.CC1CS(=O)(=O)OCO1.CC1OCOS1(=O)=O.CC1OCS(=O)(=O)O1. The van der Waals surface area contributed by atoms with Crippen LogP contribution in [0.15, 0.2) is 0 Å². The van der Waals surface area contributed by atoms with Gasteiger partial charge < -0.3 is 47.4 Å². The molecule has 0 spiro atoms. The Morgan fingerprint density at radius 1 is 0.407 bits per heavy atom. The van der Waals surface area contributed by atoms with Gasteiger partial charge in [0.05, 0.1) is 91.3 Å². The van der Waals surface area contributed by atoms with Gasteiger partial charge in [-0.25, -0.2) is 46.2 Å². The minimum absolute atomic E-state index is 0.0347. The van der Waals surface area contributed by atoms with Crippen molar-refractivity contribution in [2.45, 2.75) is 155 Å². The minimum Gasteiger partial charge on any atom is -0.379 e. The highest BCUT2D eigenvalue weighted by molar-refractivity contribution is 7.93. The number of hydrogen-bond acceptors (Lipinski definition) is 37. The van der Waals surface area contributed by atoms with Gasteiger partial charge in [-0.1, -0.05) is 13.8 Å². The second-order valence-corrected chi connectivity index (χ2v) is 42.0. The number of ether oxygens (including phenoxy) is 10. The fourth-order valence-corrected chi connectivity index (χ4v) is 17.1. The van der Waals surface area contributed by atoms with Crippen molar-refractivity contribution in [3.8, 4) is 0 Å². The third-order valence-electron chi connectivity index (χ3n) is 11.2. The molecule has 0 radical (unpaired) electrons. The van der Waals surface area contributed by atoms with E-state index in [9.17, 15) is 84.2 Å². The largest absolute Gasteiger partial charge is 0.379 e. The molecule has 37 nitrogen and oxygen atoms in total. The minimum atomic E-state index is -3.45. The van der Waals surface area contributed by atoms with Gasteiger partial charge in [0.15, 0.2) is 96.1 Å². The molecule has 546 valence electrons. The van der Waals surface area contributed by atoms with E-state index in [1.807, 2.05) is 13.8 Å². The van der Waals surface area contributed by atoms with Crippen LogP contribution in [0.25, 0.3) is 0 Å². The Morgan fingerprint density at radius 2 is 0.989 bits per heavy atom. The van der Waals surface area contributed by atoms with Crippen molar-refractivity contribution in [3.05, 3.63) is 0 Å². The van der Waals surface area contributed by atoms with E-state index in [1.54, 1.807) is 62.3 Å². The predicted molar refractivity (Wildman–Crippen MR) is 318 cm³/mol. The van der Waals surface area contributed by atoms with Gasteiger partial charge in [0.25, 0.3) is 70.8 Å². The first-order valence-electron chi connectivity index (χ1n) is 26.7. The molecule has 5 atom stereocenters. The van der Waals surface area contributed by atoms with Gasteiger partial charge in [0.2, 0.25) is 0 Å². The van der Waals surface area contributed by atoms with E-state index in [4.69, 9.17) is 33.2 Å². The molecule has 0 saturated carbocycles. The highest BCUT2D eigenvalue weighted by Gasteiger charge is 2.43. The van der Waals surface area contributed by atoms with Crippen LogP contribution in [0.1, 0.15) is 104 Å². The van der Waals surface area contributed by atoms with Crippen LogP contribution in [-0.2, 0) is 177 Å². The van der Waals surface area contributed by atoms with Crippen LogP contribution in [0.2, 0.25) is 0 Å². The van der Waals surface area contributed by atoms with Gasteiger partial charge in [-0.05, 0) is 90.0 Å². The highest BCUT2D eigenvalue weighted by Crippen LogP contribution is 2.27. The molecular weight excluding hydrogens is 1440 g/mol. The van der Waals surface area contributed by atoms with Crippen molar-refractivity contribution in [3.63, 3.8) is 0 Å². The molecule has 10 fully saturated rings. The van der Waals surface area contributed by atoms with E-state index in [0.717, 1.165) is 0 Å². The summed E-state index contributed by atoms with van der Waals surface area (Å²) in [7, 11) is -32.1. The number of rotatable bonds is 0. The van der Waals surface area contributed by atoms with Gasteiger partial charge in [-0.2, -0.15) is 58.9 Å². The van der Waals surface area contributed by atoms with Crippen molar-refractivity contribution in [2.75, 3.05) is 118 Å². The van der Waals surface area contributed by atoms with E-state index in [0.29, 0.717) is 33.0 Å². The summed E-state index contributed by atoms with van der Waals surface area (Å²) >= 11 is 0. The van der Waals surface area contributed by atoms with Crippen LogP contribution in [0.4, 0.5) is 0 Å². The zero-order chi connectivity index (χ0) is 70.8. The molecule has 0 aromatic heterocycles. The Morgan fingerprint density at radius 3 is 1.23 bits per heavy atom. The quantitative estimate of drug-likeness (QED) is 0.273. The monoisotopic (exact) mass is 1530 g/mol. The Balaban J connectivity index is 0.000000506. The van der Waals surface area contributed by atoms with Crippen molar-refractivity contribution in [1.29, 1.82) is 0 Å². The standard InChI is InChI=1S/3C6H12O3S.5C4H8O4S.2C3H6O4S/c1-6(2)3-9-5-10(7,8)4-6;1-6(2)5-10(7,8)4-3-9-6;1-6(2)5-9-3-4-10(6,7)8;1-4(2)7-3-9(5,6)8-4;1-4(2)7-3-8-9(4,5)6;1-4-2-9(5,6)8-3-7-4;1-4-2-8-9(5,6)3-7-4;1-4-2-7-3-9(5,6)8-4;1-3-6-2-8(4,5)7-3;1-3-6-2-7-8(3,4)5/h3*3-5H2,1-2H3;2*3H2,1-2H3;3*4H,2-3H2,1H3;2*3H,2H2,1H3. The van der Waals surface area contributed by atoms with Crippen LogP contribution >= 0.6 is 0 Å². The third kappa shape index (κ3) is 36.8. The number of sulfone groups is 3. The molecule has 10 saturated heterocycles. The van der Waals surface area contributed by atoms with Gasteiger partial charge in [0.1, 0.15) is 11.7 Å². The lowest BCUT2D eigenvalue weighted by Crippen LogP contribution is -2.44. The van der Waals surface area contributed by atoms with Gasteiger partial charge in [0, 0.05) is 5.41 Å². The molecule has 0 aromatic carbocycles. The molecule has 0 amide bonds. The molecule has 91 heavy (non-hydrogen) atoms. The van der Waals surface area contributed by atoms with Crippen LogP contribution in [0.3, 0.4) is 0 Å². The molecular formula is C44H88O37S10. The summed E-state index contributed by atoms with van der Waals surface area (Å²) in [4.78, 5) is -1.16. The Labute approximate surface area is 536 Å². The van der Waals surface area contributed by atoms with Crippen molar-refractivity contribution < 1.29 is 161 Å². The highest BCUT2D eigenvalue weighted by atomic mass is 32.3. The molecule has 5 unspecified atom stereocenters. The smallest absolute Gasteiger partial charge is 0.299 e. The average molecular weight is 1530 g/mol. The lowest BCUT2D eigenvalue weighted by atomic mass is 9.98. The van der Waals surface area contributed by atoms with E-state index in [2.05, 4.69) is 43.5 Å². The normalized spacial score (nSPS) is 32.2. The average Bonchev–Trinajstić information content (AvgIpc) is 1.86. The second-order valence-electron chi connectivity index (χ2n) is 23.2. The Bertz CT molecular complexity index is 3350. The maximum Gasteiger partial charge on any atom is 0.299 e. The molecule has 10 aliphatic heterocycles. The van der Waals surface area contributed by atoms with E-state index < -0.39 is 133 Å². The molecule has 10 aliphatic rings. The lowest BCUT2D eigenvalue weighted by Gasteiger charge is -2.29.